The molecule has 0 unspecified atom stereocenters. The highest BCUT2D eigenvalue weighted by molar-refractivity contribution is 5.83. The standard InChI is InChI=1S/C29H31N3O/c1-21-12-14-24(15-13-21)22(2)29(33)31-18-16-25(17-19-31)32-27-11-7-6-10-26(27)30-28(32)20-23-8-4-3-5-9-23/h3-15,22,25H,16-20H2,1-2H3/t22-/m1/s1. The fourth-order valence-electron chi connectivity index (χ4n) is 5.02. The molecule has 1 saturated heterocycles. The molecule has 0 bridgehead atoms. The number of likely N-dealkylation sites (tertiary alicyclic amines) is 1. The number of hydrogen-bond acceptors (Lipinski definition) is 2. The second-order valence-corrected chi connectivity index (χ2v) is 9.24. The third kappa shape index (κ3) is 4.43. The molecule has 4 heteroatoms. The van der Waals surface area contributed by atoms with Gasteiger partial charge in [0.15, 0.2) is 0 Å². The van der Waals surface area contributed by atoms with Gasteiger partial charge in [-0.1, -0.05) is 72.3 Å². The number of amides is 1. The number of carbonyl (C=O) groups excluding carboxylic acids is 1. The minimum atomic E-state index is -0.107. The van der Waals surface area contributed by atoms with Crippen molar-refractivity contribution in [1.29, 1.82) is 0 Å². The van der Waals surface area contributed by atoms with Gasteiger partial charge in [-0.15, -0.1) is 0 Å². The summed E-state index contributed by atoms with van der Waals surface area (Å²) in [5.74, 6) is 1.24. The number of rotatable bonds is 5. The van der Waals surface area contributed by atoms with Gasteiger partial charge < -0.3 is 9.47 Å². The lowest BCUT2D eigenvalue weighted by Crippen LogP contribution is -2.41. The van der Waals surface area contributed by atoms with Gasteiger partial charge in [-0.25, -0.2) is 4.98 Å². The molecule has 168 valence electrons. The van der Waals surface area contributed by atoms with E-state index in [-0.39, 0.29) is 11.8 Å². The highest BCUT2D eigenvalue weighted by Gasteiger charge is 2.29. The van der Waals surface area contributed by atoms with Crippen LogP contribution in [0.4, 0.5) is 0 Å². The Hall–Kier alpha value is -3.40. The van der Waals surface area contributed by atoms with E-state index in [1.807, 2.05) is 6.92 Å². The molecule has 2 heterocycles. The second-order valence-electron chi connectivity index (χ2n) is 9.24. The third-order valence-corrected chi connectivity index (χ3v) is 6.96. The molecular formula is C29H31N3O. The molecular weight excluding hydrogens is 406 g/mol. The Morgan fingerprint density at radius 1 is 0.939 bits per heavy atom. The molecule has 4 aromatic rings. The summed E-state index contributed by atoms with van der Waals surface area (Å²) in [6.45, 7) is 5.68. The van der Waals surface area contributed by atoms with Crippen molar-refractivity contribution in [3.8, 4) is 0 Å². The molecule has 4 nitrogen and oxygen atoms in total. The first-order valence-corrected chi connectivity index (χ1v) is 12.0. The van der Waals surface area contributed by atoms with Gasteiger partial charge in [-0.3, -0.25) is 4.79 Å². The van der Waals surface area contributed by atoms with Gasteiger partial charge in [0.05, 0.1) is 17.0 Å². The summed E-state index contributed by atoms with van der Waals surface area (Å²) in [7, 11) is 0. The van der Waals surface area contributed by atoms with Crippen LogP contribution in [0.2, 0.25) is 0 Å². The summed E-state index contributed by atoms with van der Waals surface area (Å²) in [5, 5.41) is 0. The topological polar surface area (TPSA) is 38.1 Å². The van der Waals surface area contributed by atoms with Crippen LogP contribution in [0.3, 0.4) is 0 Å². The Balaban J connectivity index is 1.34. The molecule has 1 atom stereocenters. The van der Waals surface area contributed by atoms with Crippen LogP contribution in [-0.2, 0) is 11.2 Å². The van der Waals surface area contributed by atoms with Crippen LogP contribution < -0.4 is 0 Å². The maximum Gasteiger partial charge on any atom is 0.229 e. The van der Waals surface area contributed by atoms with E-state index in [1.54, 1.807) is 0 Å². The van der Waals surface area contributed by atoms with Crippen LogP contribution in [0.1, 0.15) is 54.2 Å². The quantitative estimate of drug-likeness (QED) is 0.390. The fourth-order valence-corrected chi connectivity index (χ4v) is 5.02. The van der Waals surface area contributed by atoms with Crippen molar-refractivity contribution in [1.82, 2.24) is 14.5 Å². The van der Waals surface area contributed by atoms with E-state index in [9.17, 15) is 4.79 Å². The van der Waals surface area contributed by atoms with E-state index in [4.69, 9.17) is 4.98 Å². The Morgan fingerprint density at radius 2 is 1.61 bits per heavy atom. The predicted molar refractivity (Wildman–Crippen MR) is 133 cm³/mol. The SMILES string of the molecule is Cc1ccc([C@@H](C)C(=O)N2CCC(n3c(Cc4ccccc4)nc4ccccc43)CC2)cc1. The van der Waals surface area contributed by atoms with Crippen LogP contribution >= 0.6 is 0 Å². The summed E-state index contributed by atoms with van der Waals surface area (Å²) < 4.78 is 2.44. The van der Waals surface area contributed by atoms with Crippen molar-refractivity contribution < 1.29 is 4.79 Å². The lowest BCUT2D eigenvalue weighted by Gasteiger charge is -2.35. The van der Waals surface area contributed by atoms with Gasteiger partial charge in [0, 0.05) is 25.6 Å². The number of piperidine rings is 1. The molecule has 33 heavy (non-hydrogen) atoms. The van der Waals surface area contributed by atoms with Crippen LogP contribution in [-0.4, -0.2) is 33.4 Å². The van der Waals surface area contributed by atoms with Crippen molar-refractivity contribution in [2.75, 3.05) is 13.1 Å². The second kappa shape index (κ2) is 9.22. The zero-order valence-electron chi connectivity index (χ0n) is 19.4. The monoisotopic (exact) mass is 437 g/mol. The van der Waals surface area contributed by atoms with E-state index in [1.165, 1.54) is 16.6 Å². The van der Waals surface area contributed by atoms with E-state index < -0.39 is 0 Å². The molecule has 1 amide bonds. The van der Waals surface area contributed by atoms with E-state index in [0.717, 1.165) is 49.3 Å². The minimum absolute atomic E-state index is 0.107. The van der Waals surface area contributed by atoms with Crippen molar-refractivity contribution >= 4 is 16.9 Å². The van der Waals surface area contributed by atoms with Gasteiger partial charge in [0.1, 0.15) is 5.82 Å². The van der Waals surface area contributed by atoms with Crippen molar-refractivity contribution in [2.45, 2.75) is 45.1 Å². The normalized spacial score (nSPS) is 15.6. The maximum absolute atomic E-state index is 13.2. The Kier molecular flexibility index (Phi) is 5.99. The number of fused-ring (bicyclic) bond motifs is 1. The predicted octanol–water partition coefficient (Wildman–Crippen LogP) is 5.90. The average Bonchev–Trinajstić information content (AvgIpc) is 3.22. The van der Waals surface area contributed by atoms with Crippen molar-refractivity contribution in [3.05, 3.63) is 101 Å². The van der Waals surface area contributed by atoms with Gasteiger partial charge in [0.2, 0.25) is 5.91 Å². The number of aryl methyl sites for hydroxylation is 1. The molecule has 0 N–H and O–H groups in total. The molecule has 1 aliphatic rings. The number of carbonyl (C=O) groups is 1. The number of hydrogen-bond donors (Lipinski definition) is 0. The van der Waals surface area contributed by atoms with Gasteiger partial charge in [-0.2, -0.15) is 0 Å². The molecule has 1 aliphatic heterocycles. The van der Waals surface area contributed by atoms with Crippen molar-refractivity contribution in [3.63, 3.8) is 0 Å². The van der Waals surface area contributed by atoms with Crippen LogP contribution in [0.15, 0.2) is 78.9 Å². The number of para-hydroxylation sites is 2. The average molecular weight is 438 g/mol. The number of nitrogens with zero attached hydrogens (tertiary/aromatic N) is 3. The minimum Gasteiger partial charge on any atom is -0.342 e. The molecule has 0 radical (unpaired) electrons. The fraction of sp³-hybridized carbons (Fsp3) is 0.310. The Morgan fingerprint density at radius 3 is 2.33 bits per heavy atom. The van der Waals surface area contributed by atoms with E-state index in [2.05, 4.69) is 95.3 Å². The first-order chi connectivity index (χ1) is 16.1. The molecule has 0 aliphatic carbocycles. The first kappa shape index (κ1) is 21.4. The Labute approximate surface area is 195 Å². The number of aromatic nitrogens is 2. The summed E-state index contributed by atoms with van der Waals surface area (Å²) >= 11 is 0. The zero-order valence-corrected chi connectivity index (χ0v) is 19.4. The largest absolute Gasteiger partial charge is 0.342 e. The van der Waals surface area contributed by atoms with Crippen LogP contribution in [0.25, 0.3) is 11.0 Å². The number of imidazole rings is 1. The molecule has 3 aromatic carbocycles. The zero-order chi connectivity index (χ0) is 22.8. The molecule has 0 saturated carbocycles. The Bertz CT molecular complexity index is 1240. The van der Waals surface area contributed by atoms with Crippen LogP contribution in [0, 0.1) is 6.92 Å². The van der Waals surface area contributed by atoms with Gasteiger partial charge >= 0.3 is 0 Å². The first-order valence-electron chi connectivity index (χ1n) is 12.0. The molecule has 1 aromatic heterocycles. The molecule has 0 spiro atoms. The maximum atomic E-state index is 13.2. The summed E-state index contributed by atoms with van der Waals surface area (Å²) in [5.41, 5.74) is 5.83. The highest BCUT2D eigenvalue weighted by Crippen LogP contribution is 2.31. The summed E-state index contributed by atoms with van der Waals surface area (Å²) in [6.07, 6.45) is 2.72. The number of benzene rings is 3. The van der Waals surface area contributed by atoms with Gasteiger partial charge in [0.25, 0.3) is 0 Å². The lowest BCUT2D eigenvalue weighted by molar-refractivity contribution is -0.133. The summed E-state index contributed by atoms with van der Waals surface area (Å²) in [6, 6.07) is 27.7. The van der Waals surface area contributed by atoms with E-state index in [0.29, 0.717) is 6.04 Å². The summed E-state index contributed by atoms with van der Waals surface area (Å²) in [4.78, 5) is 20.3. The molecule has 1 fully saturated rings. The van der Waals surface area contributed by atoms with E-state index >= 15 is 0 Å². The van der Waals surface area contributed by atoms with Gasteiger partial charge in [-0.05, 0) is 49.9 Å². The smallest absolute Gasteiger partial charge is 0.229 e. The third-order valence-electron chi connectivity index (χ3n) is 6.96. The molecule has 5 rings (SSSR count). The van der Waals surface area contributed by atoms with Crippen LogP contribution in [0.5, 0.6) is 0 Å². The lowest BCUT2D eigenvalue weighted by atomic mass is 9.96. The highest BCUT2D eigenvalue weighted by atomic mass is 16.2. The van der Waals surface area contributed by atoms with Crippen molar-refractivity contribution in [2.24, 2.45) is 0 Å².